The maximum absolute atomic E-state index is 13.1. The lowest BCUT2D eigenvalue weighted by atomic mass is 10.1. The van der Waals surface area contributed by atoms with Gasteiger partial charge in [-0.3, -0.25) is 9.59 Å². The van der Waals surface area contributed by atoms with Crippen molar-refractivity contribution in [1.29, 1.82) is 0 Å². The number of carbonyl (C=O) groups excluding carboxylic acids is 2. The largest absolute Gasteiger partial charge is 0.321 e. The van der Waals surface area contributed by atoms with E-state index in [9.17, 15) is 14.0 Å². The molecule has 2 amide bonds. The molecule has 4 rings (SSSR count). The van der Waals surface area contributed by atoms with E-state index >= 15 is 0 Å². The molecule has 0 aliphatic rings. The highest BCUT2D eigenvalue weighted by Crippen LogP contribution is 2.23. The first-order valence-corrected chi connectivity index (χ1v) is 13.5. The Hall–Kier alpha value is -4.13. The molecule has 1 aromatic heterocycles. The molecule has 1 heterocycles. The first-order chi connectivity index (χ1) is 19.3. The highest BCUT2D eigenvalue weighted by molar-refractivity contribution is 7.98. The second-order valence-corrected chi connectivity index (χ2v) is 10.3. The third-order valence-corrected chi connectivity index (χ3v) is 6.80. The first kappa shape index (κ1) is 28.9. The fourth-order valence-corrected chi connectivity index (χ4v) is 4.49. The van der Waals surface area contributed by atoms with E-state index in [1.54, 1.807) is 35.0 Å². The second kappa shape index (κ2) is 13.8. The molecule has 0 spiro atoms. The Bertz CT molecular complexity index is 1510. The Labute approximate surface area is 239 Å². The summed E-state index contributed by atoms with van der Waals surface area (Å²) in [5, 5.41) is 19.6. The Morgan fingerprint density at radius 1 is 1.10 bits per heavy atom. The van der Waals surface area contributed by atoms with E-state index in [4.69, 9.17) is 11.6 Å². The summed E-state index contributed by atoms with van der Waals surface area (Å²) in [5.74, 6) is -0.784. The summed E-state index contributed by atoms with van der Waals surface area (Å²) in [6.45, 7) is 1.47. The zero-order valence-corrected chi connectivity index (χ0v) is 23.3. The lowest BCUT2D eigenvalue weighted by molar-refractivity contribution is 0.0956. The Kier molecular flexibility index (Phi) is 9.95. The van der Waals surface area contributed by atoms with Gasteiger partial charge < -0.3 is 10.2 Å². The number of nitrogens with one attached hydrogen (secondary N) is 2. The number of aromatic nitrogens is 4. The molecule has 0 aliphatic heterocycles. The molecule has 0 aliphatic carbocycles. The predicted molar refractivity (Wildman–Crippen MR) is 153 cm³/mol. The van der Waals surface area contributed by atoms with Crippen molar-refractivity contribution in [1.82, 2.24) is 30.5 Å². The molecule has 3 aromatic carbocycles. The molecule has 10 nitrogen and oxygen atoms in total. The summed E-state index contributed by atoms with van der Waals surface area (Å²) in [6, 6.07) is 17.4. The first-order valence-electron chi connectivity index (χ1n) is 12.1. The Morgan fingerprint density at radius 3 is 2.67 bits per heavy atom. The van der Waals surface area contributed by atoms with Gasteiger partial charge in [0.05, 0.1) is 24.0 Å². The lowest BCUT2D eigenvalue weighted by Gasteiger charge is -2.12. The van der Waals surface area contributed by atoms with Crippen LogP contribution in [0.15, 0.2) is 77.0 Å². The molecule has 0 radical (unpaired) electrons. The minimum atomic E-state index is -0.576. The van der Waals surface area contributed by atoms with Crippen molar-refractivity contribution in [2.24, 2.45) is 5.10 Å². The normalized spacial score (nSPS) is 11.2. The fraction of sp³-hybridized carbons (Fsp3) is 0.185. The zero-order chi connectivity index (χ0) is 28.5. The lowest BCUT2D eigenvalue weighted by Crippen LogP contribution is -2.21. The van der Waals surface area contributed by atoms with Gasteiger partial charge in [-0.05, 0) is 78.1 Å². The predicted octanol–water partition coefficient (Wildman–Crippen LogP) is 4.34. The van der Waals surface area contributed by atoms with Crippen LogP contribution in [-0.4, -0.2) is 63.8 Å². The van der Waals surface area contributed by atoms with E-state index in [1.165, 1.54) is 48.3 Å². The summed E-state index contributed by atoms with van der Waals surface area (Å²) in [6.07, 6.45) is 1.38. The van der Waals surface area contributed by atoms with Crippen LogP contribution in [0.2, 0.25) is 5.02 Å². The Morgan fingerprint density at radius 2 is 1.90 bits per heavy atom. The van der Waals surface area contributed by atoms with E-state index in [0.29, 0.717) is 33.6 Å². The number of benzene rings is 3. The number of hydrogen-bond acceptors (Lipinski definition) is 8. The maximum Gasteiger partial charge on any atom is 0.273 e. The van der Waals surface area contributed by atoms with Crippen LogP contribution in [0.5, 0.6) is 0 Å². The topological polar surface area (TPSA) is 117 Å². The average molecular weight is 581 g/mol. The van der Waals surface area contributed by atoms with Gasteiger partial charge in [0.15, 0.2) is 0 Å². The van der Waals surface area contributed by atoms with Crippen LogP contribution in [0.1, 0.15) is 31.8 Å². The summed E-state index contributed by atoms with van der Waals surface area (Å²) in [4.78, 5) is 28.0. The molecule has 0 fully saturated rings. The molecular formula is C27H26ClFN8O2S. The van der Waals surface area contributed by atoms with Crippen molar-refractivity contribution in [3.05, 3.63) is 99.8 Å². The van der Waals surface area contributed by atoms with Crippen molar-refractivity contribution >= 4 is 47.1 Å². The quantitative estimate of drug-likeness (QED) is 0.154. The molecule has 206 valence electrons. The highest BCUT2D eigenvalue weighted by Gasteiger charge is 2.16. The van der Waals surface area contributed by atoms with Crippen LogP contribution in [-0.2, 0) is 12.3 Å². The van der Waals surface area contributed by atoms with E-state index in [1.807, 2.05) is 20.2 Å². The van der Waals surface area contributed by atoms with Crippen molar-refractivity contribution < 1.29 is 14.0 Å². The molecule has 4 aromatic rings. The van der Waals surface area contributed by atoms with E-state index in [2.05, 4.69) is 36.3 Å². The van der Waals surface area contributed by atoms with Gasteiger partial charge in [-0.1, -0.05) is 47.6 Å². The smallest absolute Gasteiger partial charge is 0.273 e. The van der Waals surface area contributed by atoms with Gasteiger partial charge in [-0.15, -0.1) is 5.10 Å². The third kappa shape index (κ3) is 8.18. The molecule has 0 unspecified atom stereocenters. The number of hydrogen-bond donors (Lipinski definition) is 2. The van der Waals surface area contributed by atoms with E-state index in [-0.39, 0.29) is 17.1 Å². The summed E-state index contributed by atoms with van der Waals surface area (Å²) >= 11 is 7.59. The van der Waals surface area contributed by atoms with Crippen molar-refractivity contribution in [3.63, 3.8) is 0 Å². The molecule has 0 saturated carbocycles. The Balaban J connectivity index is 1.41. The summed E-state index contributed by atoms with van der Waals surface area (Å²) < 4.78 is 14.8. The number of anilines is 1. The van der Waals surface area contributed by atoms with Gasteiger partial charge in [-0.25, -0.2) is 14.5 Å². The number of nitrogens with zero attached hydrogens (tertiary/aromatic N) is 6. The van der Waals surface area contributed by atoms with Gasteiger partial charge in [0.2, 0.25) is 5.16 Å². The number of rotatable bonds is 11. The van der Waals surface area contributed by atoms with Gasteiger partial charge >= 0.3 is 0 Å². The number of carbonyl (C=O) groups is 2. The van der Waals surface area contributed by atoms with Crippen molar-refractivity contribution in [2.45, 2.75) is 17.5 Å². The molecule has 0 atom stereocenters. The van der Waals surface area contributed by atoms with Gasteiger partial charge in [0, 0.05) is 22.9 Å². The van der Waals surface area contributed by atoms with Crippen LogP contribution in [0.3, 0.4) is 0 Å². The monoisotopic (exact) mass is 580 g/mol. The molecule has 0 bridgehead atoms. The van der Waals surface area contributed by atoms with Crippen LogP contribution in [0, 0.1) is 5.82 Å². The van der Waals surface area contributed by atoms with Gasteiger partial charge in [-0.2, -0.15) is 5.10 Å². The standard InChI is InChI=1S/C27H26ClFN8O2S/c1-36(2)12-13-37-27(33-34-35-37)40-17-19-4-3-5-20(14-19)25(38)31-24-11-8-21(28)15-23(24)26(39)32-30-16-18-6-9-22(29)10-7-18/h3-11,14-16H,12-13,17H2,1-2H3,(H,31,38)(H,32,39). The third-order valence-electron chi connectivity index (χ3n) is 5.54. The average Bonchev–Trinajstić information content (AvgIpc) is 3.40. The molecule has 40 heavy (non-hydrogen) atoms. The number of thioether (sulfide) groups is 1. The van der Waals surface area contributed by atoms with Crippen LogP contribution in [0.25, 0.3) is 0 Å². The van der Waals surface area contributed by atoms with E-state index < -0.39 is 11.8 Å². The molecule has 2 N–H and O–H groups in total. The molecular weight excluding hydrogens is 555 g/mol. The number of halogens is 2. The molecule has 13 heteroatoms. The second-order valence-electron chi connectivity index (χ2n) is 8.87. The number of tetrazole rings is 1. The molecule has 0 saturated heterocycles. The highest BCUT2D eigenvalue weighted by atomic mass is 35.5. The van der Waals surface area contributed by atoms with Gasteiger partial charge in [0.25, 0.3) is 11.8 Å². The maximum atomic E-state index is 13.1. The zero-order valence-electron chi connectivity index (χ0n) is 21.7. The minimum absolute atomic E-state index is 0.133. The van der Waals surface area contributed by atoms with Crippen LogP contribution < -0.4 is 10.7 Å². The fourth-order valence-electron chi connectivity index (χ4n) is 3.47. The number of hydrazone groups is 1. The van der Waals surface area contributed by atoms with E-state index in [0.717, 1.165) is 12.1 Å². The number of likely N-dealkylation sites (N-methyl/N-ethyl adjacent to an activating group) is 1. The van der Waals surface area contributed by atoms with Gasteiger partial charge in [0.1, 0.15) is 5.82 Å². The van der Waals surface area contributed by atoms with Crippen molar-refractivity contribution in [3.8, 4) is 0 Å². The SMILES string of the molecule is CN(C)CCn1nnnc1SCc1cccc(C(=O)Nc2ccc(Cl)cc2C(=O)NN=Cc2ccc(F)cc2)c1. The van der Waals surface area contributed by atoms with Crippen molar-refractivity contribution in [2.75, 3.05) is 26.0 Å². The van der Waals surface area contributed by atoms with Crippen LogP contribution in [0.4, 0.5) is 10.1 Å². The summed E-state index contributed by atoms with van der Waals surface area (Å²) in [7, 11) is 3.97. The van der Waals surface area contributed by atoms with Crippen LogP contribution >= 0.6 is 23.4 Å². The summed E-state index contributed by atoms with van der Waals surface area (Å²) in [5.41, 5.74) is 4.73. The number of amides is 2. The minimum Gasteiger partial charge on any atom is -0.321 e.